The first-order valence-electron chi connectivity index (χ1n) is 5.71. The van der Waals surface area contributed by atoms with Gasteiger partial charge in [-0.05, 0) is 26.0 Å². The zero-order chi connectivity index (χ0) is 13.1. The van der Waals surface area contributed by atoms with Crippen LogP contribution in [0.25, 0.3) is 0 Å². The highest BCUT2D eigenvalue weighted by atomic mass is 16.1. The van der Waals surface area contributed by atoms with Crippen molar-refractivity contribution in [3.63, 3.8) is 0 Å². The molecule has 2 aromatic heterocycles. The van der Waals surface area contributed by atoms with Crippen molar-refractivity contribution in [2.45, 2.75) is 26.3 Å². The highest BCUT2D eigenvalue weighted by Crippen LogP contribution is 2.09. The fraction of sp³-hybridized carbons (Fsp3) is 0.333. The fourth-order valence-electron chi connectivity index (χ4n) is 1.64. The Hall–Kier alpha value is -2.24. The number of aromatic nitrogens is 4. The van der Waals surface area contributed by atoms with Crippen LogP contribution in [0.15, 0.2) is 24.7 Å². The number of ketones is 1. The minimum Gasteiger partial charge on any atom is -0.397 e. The Bertz CT molecular complexity index is 544. The predicted molar refractivity (Wildman–Crippen MR) is 67.1 cm³/mol. The maximum atomic E-state index is 12.0. The van der Waals surface area contributed by atoms with Gasteiger partial charge in [-0.15, -0.1) is 0 Å². The van der Waals surface area contributed by atoms with Crippen LogP contribution >= 0.6 is 0 Å². The summed E-state index contributed by atoms with van der Waals surface area (Å²) in [6.45, 7) is 3.98. The molecule has 0 spiro atoms. The molecule has 0 saturated heterocycles. The lowest BCUT2D eigenvalue weighted by Crippen LogP contribution is -2.14. The van der Waals surface area contributed by atoms with E-state index >= 15 is 0 Å². The molecule has 2 N–H and O–H groups in total. The Morgan fingerprint density at radius 3 is 2.78 bits per heavy atom. The summed E-state index contributed by atoms with van der Waals surface area (Å²) >= 11 is 0. The first kappa shape index (κ1) is 12.2. The quantitative estimate of drug-likeness (QED) is 0.819. The summed E-state index contributed by atoms with van der Waals surface area (Å²) in [4.78, 5) is 20.1. The molecule has 0 fully saturated rings. The molecular formula is C12H15N5O. The molecule has 0 aliphatic rings. The van der Waals surface area contributed by atoms with Crippen molar-refractivity contribution in [1.82, 2.24) is 19.7 Å². The smallest absolute Gasteiger partial charge is 0.188 e. The summed E-state index contributed by atoms with van der Waals surface area (Å²) in [5, 5.41) is 4.09. The maximum absolute atomic E-state index is 12.0. The third kappa shape index (κ3) is 2.53. The van der Waals surface area contributed by atoms with Gasteiger partial charge in [-0.1, -0.05) is 0 Å². The predicted octanol–water partition coefficient (Wildman–Crippen LogP) is 1.26. The number of hydrogen-bond donors (Lipinski definition) is 1. The highest BCUT2D eigenvalue weighted by molar-refractivity contribution is 5.95. The van der Waals surface area contributed by atoms with Crippen molar-refractivity contribution in [3.05, 3.63) is 36.2 Å². The van der Waals surface area contributed by atoms with Crippen molar-refractivity contribution < 1.29 is 4.79 Å². The van der Waals surface area contributed by atoms with Gasteiger partial charge in [-0.3, -0.25) is 9.78 Å². The average Bonchev–Trinajstić information content (AvgIpc) is 2.78. The van der Waals surface area contributed by atoms with Crippen LogP contribution in [-0.2, 0) is 6.42 Å². The van der Waals surface area contributed by atoms with E-state index in [-0.39, 0.29) is 18.2 Å². The molecule has 2 rings (SSSR count). The van der Waals surface area contributed by atoms with Gasteiger partial charge in [0, 0.05) is 6.04 Å². The van der Waals surface area contributed by atoms with Gasteiger partial charge in [0.2, 0.25) is 0 Å². The van der Waals surface area contributed by atoms with Gasteiger partial charge in [0.25, 0.3) is 0 Å². The van der Waals surface area contributed by atoms with E-state index in [0.717, 1.165) is 0 Å². The molecule has 0 aliphatic heterocycles. The molecule has 0 radical (unpaired) electrons. The number of pyridine rings is 1. The molecule has 6 nitrogen and oxygen atoms in total. The Morgan fingerprint density at radius 2 is 2.17 bits per heavy atom. The lowest BCUT2D eigenvalue weighted by Gasteiger charge is -2.08. The number of nitrogens with zero attached hydrogens (tertiary/aromatic N) is 4. The molecule has 6 heteroatoms. The lowest BCUT2D eigenvalue weighted by atomic mass is 10.2. The zero-order valence-corrected chi connectivity index (χ0v) is 10.4. The van der Waals surface area contributed by atoms with Crippen LogP contribution in [0.1, 0.15) is 36.2 Å². The van der Waals surface area contributed by atoms with E-state index in [1.54, 1.807) is 16.8 Å². The zero-order valence-electron chi connectivity index (χ0n) is 10.4. The standard InChI is InChI=1S/C12H15N5O/c1-8(2)17-12(15-7-16-17)5-11(18)10-4-3-9(13)6-14-10/h3-4,6-8H,5,13H2,1-2H3. The molecule has 0 aromatic carbocycles. The van der Waals surface area contributed by atoms with E-state index in [0.29, 0.717) is 17.2 Å². The number of carbonyl (C=O) groups excluding carboxylic acids is 1. The van der Waals surface area contributed by atoms with E-state index in [1.807, 2.05) is 13.8 Å². The number of nitrogens with two attached hydrogens (primary N) is 1. The molecule has 0 saturated carbocycles. The molecule has 0 aliphatic carbocycles. The van der Waals surface area contributed by atoms with Gasteiger partial charge in [-0.25, -0.2) is 9.67 Å². The van der Waals surface area contributed by atoms with Crippen molar-refractivity contribution in [2.75, 3.05) is 5.73 Å². The van der Waals surface area contributed by atoms with Crippen molar-refractivity contribution >= 4 is 11.5 Å². The Balaban J connectivity index is 2.16. The second kappa shape index (κ2) is 4.95. The Labute approximate surface area is 105 Å². The van der Waals surface area contributed by atoms with Crippen molar-refractivity contribution in [1.29, 1.82) is 0 Å². The van der Waals surface area contributed by atoms with Gasteiger partial charge in [0.05, 0.1) is 18.3 Å². The van der Waals surface area contributed by atoms with Crippen LogP contribution in [0.3, 0.4) is 0 Å². The topological polar surface area (TPSA) is 86.7 Å². The third-order valence-electron chi connectivity index (χ3n) is 2.53. The monoisotopic (exact) mass is 245 g/mol. The molecule has 0 unspecified atom stereocenters. The van der Waals surface area contributed by atoms with Crippen LogP contribution in [0, 0.1) is 0 Å². The maximum Gasteiger partial charge on any atom is 0.188 e. The number of nitrogen functional groups attached to an aromatic ring is 1. The van der Waals surface area contributed by atoms with Crippen LogP contribution in [0.4, 0.5) is 5.69 Å². The first-order valence-corrected chi connectivity index (χ1v) is 5.71. The first-order chi connectivity index (χ1) is 8.58. The molecule has 2 aromatic rings. The number of rotatable bonds is 4. The molecule has 18 heavy (non-hydrogen) atoms. The molecule has 94 valence electrons. The fourth-order valence-corrected chi connectivity index (χ4v) is 1.64. The van der Waals surface area contributed by atoms with E-state index < -0.39 is 0 Å². The second-order valence-electron chi connectivity index (χ2n) is 4.29. The number of Topliss-reactive ketones (excluding diaryl/α,β-unsaturated/α-hetero) is 1. The van der Waals surface area contributed by atoms with Crippen molar-refractivity contribution in [2.24, 2.45) is 0 Å². The van der Waals surface area contributed by atoms with Gasteiger partial charge in [0.1, 0.15) is 17.8 Å². The number of hydrogen-bond acceptors (Lipinski definition) is 5. The largest absolute Gasteiger partial charge is 0.397 e. The molecular weight excluding hydrogens is 230 g/mol. The number of anilines is 1. The molecule has 0 bridgehead atoms. The minimum atomic E-state index is -0.0927. The number of carbonyl (C=O) groups is 1. The van der Waals surface area contributed by atoms with Crippen LogP contribution in [-0.4, -0.2) is 25.5 Å². The minimum absolute atomic E-state index is 0.0927. The van der Waals surface area contributed by atoms with Crippen molar-refractivity contribution in [3.8, 4) is 0 Å². The summed E-state index contributed by atoms with van der Waals surface area (Å²) in [5.41, 5.74) is 6.46. The van der Waals surface area contributed by atoms with E-state index in [9.17, 15) is 4.79 Å². The van der Waals surface area contributed by atoms with E-state index in [1.165, 1.54) is 12.5 Å². The lowest BCUT2D eigenvalue weighted by molar-refractivity contribution is 0.0984. The summed E-state index contributed by atoms with van der Waals surface area (Å²) in [7, 11) is 0. The molecule has 2 heterocycles. The summed E-state index contributed by atoms with van der Waals surface area (Å²) in [6, 6.07) is 3.45. The van der Waals surface area contributed by atoms with E-state index in [2.05, 4.69) is 15.1 Å². The van der Waals surface area contributed by atoms with Crippen LogP contribution in [0.2, 0.25) is 0 Å². The summed E-state index contributed by atoms with van der Waals surface area (Å²) in [5.74, 6) is 0.554. The van der Waals surface area contributed by atoms with Gasteiger partial charge >= 0.3 is 0 Å². The van der Waals surface area contributed by atoms with Gasteiger partial charge in [0.15, 0.2) is 5.78 Å². The normalized spacial score (nSPS) is 10.8. The Kier molecular flexibility index (Phi) is 3.36. The van der Waals surface area contributed by atoms with Gasteiger partial charge < -0.3 is 5.73 Å². The molecule has 0 atom stereocenters. The molecule has 0 amide bonds. The van der Waals surface area contributed by atoms with Crippen LogP contribution < -0.4 is 5.73 Å². The SMILES string of the molecule is CC(C)n1ncnc1CC(=O)c1ccc(N)cn1. The highest BCUT2D eigenvalue weighted by Gasteiger charge is 2.14. The third-order valence-corrected chi connectivity index (χ3v) is 2.53. The average molecular weight is 245 g/mol. The Morgan fingerprint density at radius 1 is 1.39 bits per heavy atom. The second-order valence-corrected chi connectivity index (χ2v) is 4.29. The van der Waals surface area contributed by atoms with Gasteiger partial charge in [-0.2, -0.15) is 5.10 Å². The van der Waals surface area contributed by atoms with Crippen LogP contribution in [0.5, 0.6) is 0 Å². The summed E-state index contributed by atoms with van der Waals surface area (Å²) < 4.78 is 1.73. The van der Waals surface area contributed by atoms with E-state index in [4.69, 9.17) is 5.73 Å². The summed E-state index contributed by atoms with van der Waals surface area (Å²) in [6.07, 6.45) is 3.12.